The van der Waals surface area contributed by atoms with Crippen molar-refractivity contribution in [2.24, 2.45) is 0 Å². The quantitative estimate of drug-likeness (QED) is 0.630. The highest BCUT2D eigenvalue weighted by Gasteiger charge is 2.20. The van der Waals surface area contributed by atoms with Crippen molar-refractivity contribution in [1.82, 2.24) is 14.5 Å². The van der Waals surface area contributed by atoms with Crippen molar-refractivity contribution in [2.45, 2.75) is 13.0 Å². The summed E-state index contributed by atoms with van der Waals surface area (Å²) in [6, 6.07) is 11.4. The lowest BCUT2D eigenvalue weighted by Gasteiger charge is -2.36. The van der Waals surface area contributed by atoms with Crippen LogP contribution in [-0.4, -0.2) is 67.5 Å². The molecular weight excluding hydrogens is 424 g/mol. The number of fused-ring (bicyclic) bond motifs is 2. The molecule has 33 heavy (non-hydrogen) atoms. The van der Waals surface area contributed by atoms with Crippen molar-refractivity contribution in [2.75, 3.05) is 57.9 Å². The van der Waals surface area contributed by atoms with Crippen molar-refractivity contribution in [3.63, 3.8) is 0 Å². The Bertz CT molecular complexity index is 1260. The molecular formula is C24H28N4O5. The summed E-state index contributed by atoms with van der Waals surface area (Å²) in [5.74, 6) is 1.97. The van der Waals surface area contributed by atoms with Crippen LogP contribution in [0.3, 0.4) is 0 Å². The molecule has 0 amide bonds. The van der Waals surface area contributed by atoms with Crippen LogP contribution in [0.2, 0.25) is 0 Å². The van der Waals surface area contributed by atoms with Gasteiger partial charge in [-0.1, -0.05) is 12.1 Å². The van der Waals surface area contributed by atoms with E-state index < -0.39 is 5.69 Å². The molecule has 1 N–H and O–H groups in total. The Morgan fingerprint density at radius 1 is 0.970 bits per heavy atom. The first-order valence-electron chi connectivity index (χ1n) is 11.3. The number of methoxy groups -OCH3 is 1. The molecule has 0 saturated carbocycles. The number of nitrogens with zero attached hydrogens (tertiary/aromatic N) is 3. The molecule has 5 rings (SSSR count). The second-order valence-electron chi connectivity index (χ2n) is 8.28. The third kappa shape index (κ3) is 4.28. The first-order valence-corrected chi connectivity index (χ1v) is 11.3. The molecule has 0 bridgehead atoms. The molecule has 2 aromatic carbocycles. The fourth-order valence-electron chi connectivity index (χ4n) is 4.46. The van der Waals surface area contributed by atoms with Crippen molar-refractivity contribution < 1.29 is 14.2 Å². The van der Waals surface area contributed by atoms with Crippen LogP contribution in [-0.2, 0) is 6.54 Å². The number of hydrogen-bond acceptors (Lipinski definition) is 7. The van der Waals surface area contributed by atoms with Crippen LogP contribution in [0, 0.1) is 0 Å². The van der Waals surface area contributed by atoms with Crippen LogP contribution < -0.4 is 30.4 Å². The summed E-state index contributed by atoms with van der Waals surface area (Å²) < 4.78 is 18.1. The van der Waals surface area contributed by atoms with Crippen LogP contribution in [0.4, 0.5) is 5.69 Å². The Balaban J connectivity index is 1.29. The van der Waals surface area contributed by atoms with Crippen molar-refractivity contribution in [1.29, 1.82) is 0 Å². The minimum Gasteiger partial charge on any atom is -0.495 e. The molecule has 1 fully saturated rings. The number of aromatic amines is 1. The predicted molar refractivity (Wildman–Crippen MR) is 126 cm³/mol. The van der Waals surface area contributed by atoms with Gasteiger partial charge in [-0.05, 0) is 18.2 Å². The zero-order valence-corrected chi connectivity index (χ0v) is 18.7. The van der Waals surface area contributed by atoms with Gasteiger partial charge in [0.2, 0.25) is 0 Å². The van der Waals surface area contributed by atoms with Gasteiger partial charge in [-0.15, -0.1) is 0 Å². The molecule has 1 saturated heterocycles. The molecule has 9 heteroatoms. The van der Waals surface area contributed by atoms with Crippen LogP contribution in [0.25, 0.3) is 10.9 Å². The van der Waals surface area contributed by atoms with E-state index in [1.165, 1.54) is 4.57 Å². The number of hydrogen-bond donors (Lipinski definition) is 1. The van der Waals surface area contributed by atoms with Gasteiger partial charge in [0.05, 0.1) is 36.9 Å². The minimum atomic E-state index is -0.408. The van der Waals surface area contributed by atoms with E-state index in [0.717, 1.165) is 44.0 Å². The van der Waals surface area contributed by atoms with Crippen LogP contribution in [0.15, 0.2) is 46.0 Å². The van der Waals surface area contributed by atoms with Crippen LogP contribution in [0.1, 0.15) is 6.42 Å². The van der Waals surface area contributed by atoms with E-state index in [2.05, 4.69) is 20.9 Å². The van der Waals surface area contributed by atoms with Gasteiger partial charge in [-0.25, -0.2) is 4.79 Å². The highest BCUT2D eigenvalue weighted by Crippen LogP contribution is 2.32. The first kappa shape index (κ1) is 21.4. The lowest BCUT2D eigenvalue weighted by atomic mass is 10.2. The van der Waals surface area contributed by atoms with Crippen molar-refractivity contribution in [3.8, 4) is 17.2 Å². The molecule has 1 aromatic heterocycles. The topological polar surface area (TPSA) is 89.0 Å². The number of H-pyrrole nitrogens is 1. The average Bonchev–Trinajstić information content (AvgIpc) is 3.08. The fraction of sp³-hybridized carbons (Fsp3) is 0.417. The summed E-state index contributed by atoms with van der Waals surface area (Å²) in [6.07, 6.45) is 0.774. The average molecular weight is 453 g/mol. The summed E-state index contributed by atoms with van der Waals surface area (Å²) in [4.78, 5) is 33.2. The lowest BCUT2D eigenvalue weighted by molar-refractivity contribution is 0.245. The van der Waals surface area contributed by atoms with Gasteiger partial charge in [-0.3, -0.25) is 14.3 Å². The smallest absolute Gasteiger partial charge is 0.328 e. The lowest BCUT2D eigenvalue weighted by Crippen LogP contribution is -2.48. The van der Waals surface area contributed by atoms with Crippen molar-refractivity contribution in [3.05, 3.63) is 57.2 Å². The molecule has 0 aliphatic carbocycles. The van der Waals surface area contributed by atoms with E-state index >= 15 is 0 Å². The zero-order chi connectivity index (χ0) is 22.8. The number of ether oxygens (including phenoxy) is 3. The summed E-state index contributed by atoms with van der Waals surface area (Å²) in [5.41, 5.74) is 0.842. The monoisotopic (exact) mass is 452 g/mol. The van der Waals surface area contributed by atoms with E-state index in [-0.39, 0.29) is 5.56 Å². The summed E-state index contributed by atoms with van der Waals surface area (Å²) in [5, 5.41) is 0.430. The number of piperazine rings is 1. The molecule has 3 heterocycles. The Labute approximate surface area is 191 Å². The summed E-state index contributed by atoms with van der Waals surface area (Å²) in [6.45, 7) is 5.43. The van der Waals surface area contributed by atoms with Gasteiger partial charge in [0.1, 0.15) is 5.75 Å². The molecule has 9 nitrogen and oxygen atoms in total. The predicted octanol–water partition coefficient (Wildman–Crippen LogP) is 1.68. The van der Waals surface area contributed by atoms with Gasteiger partial charge < -0.3 is 24.1 Å². The maximum Gasteiger partial charge on any atom is 0.328 e. The van der Waals surface area contributed by atoms with Crippen LogP contribution >= 0.6 is 0 Å². The third-order valence-electron chi connectivity index (χ3n) is 6.29. The molecule has 0 unspecified atom stereocenters. The number of benzene rings is 2. The normalized spacial score (nSPS) is 16.6. The molecule has 0 radical (unpaired) electrons. The number of rotatable bonds is 5. The molecule has 3 aromatic rings. The number of anilines is 1. The van der Waals surface area contributed by atoms with Gasteiger partial charge in [0.25, 0.3) is 5.56 Å². The SMILES string of the molecule is COc1ccccc1N1CCN(CCn2c(=O)[nH]c3cc4c(cc3c2=O)OCCCO4)CC1. The zero-order valence-electron chi connectivity index (χ0n) is 18.7. The van der Waals surface area contributed by atoms with E-state index in [4.69, 9.17) is 14.2 Å². The fourth-order valence-corrected chi connectivity index (χ4v) is 4.46. The maximum absolute atomic E-state index is 13.1. The Morgan fingerprint density at radius 2 is 1.70 bits per heavy atom. The Kier molecular flexibility index (Phi) is 5.95. The van der Waals surface area contributed by atoms with E-state index in [1.54, 1.807) is 19.2 Å². The molecule has 2 aliphatic rings. The van der Waals surface area contributed by atoms with E-state index in [9.17, 15) is 9.59 Å². The summed E-state index contributed by atoms with van der Waals surface area (Å²) >= 11 is 0. The Morgan fingerprint density at radius 3 is 2.45 bits per heavy atom. The molecule has 2 aliphatic heterocycles. The molecule has 0 atom stereocenters. The maximum atomic E-state index is 13.1. The molecule has 0 spiro atoms. The Hall–Kier alpha value is -3.46. The number of aromatic nitrogens is 2. The first-order chi connectivity index (χ1) is 16.1. The van der Waals surface area contributed by atoms with E-state index in [1.807, 2.05) is 18.2 Å². The van der Waals surface area contributed by atoms with Crippen molar-refractivity contribution >= 4 is 16.6 Å². The van der Waals surface area contributed by atoms with Gasteiger partial charge >= 0.3 is 5.69 Å². The number of para-hydroxylation sites is 2. The highest BCUT2D eigenvalue weighted by molar-refractivity contribution is 5.81. The standard InChI is InChI=1S/C24H28N4O5/c1-31-20-6-3-2-5-19(20)27-10-7-26(8-11-27)9-12-28-23(29)17-15-21-22(33-14-4-13-32-21)16-18(17)25-24(28)30/h2-3,5-6,15-16H,4,7-14H2,1H3,(H,25,30). The number of nitrogens with one attached hydrogen (secondary N) is 1. The van der Waals surface area contributed by atoms with E-state index in [0.29, 0.717) is 48.7 Å². The second kappa shape index (κ2) is 9.19. The largest absolute Gasteiger partial charge is 0.495 e. The highest BCUT2D eigenvalue weighted by atomic mass is 16.5. The van der Waals surface area contributed by atoms with Gasteiger partial charge in [0.15, 0.2) is 11.5 Å². The molecule has 174 valence electrons. The minimum absolute atomic E-state index is 0.308. The summed E-state index contributed by atoms with van der Waals surface area (Å²) in [7, 11) is 1.68. The van der Waals surface area contributed by atoms with Gasteiger partial charge in [0, 0.05) is 51.8 Å². The second-order valence-corrected chi connectivity index (χ2v) is 8.28. The van der Waals surface area contributed by atoms with Crippen LogP contribution in [0.5, 0.6) is 17.2 Å². The van der Waals surface area contributed by atoms with Gasteiger partial charge in [-0.2, -0.15) is 0 Å². The third-order valence-corrected chi connectivity index (χ3v) is 6.29.